The normalized spacial score (nSPS) is 8.69. The van der Waals surface area contributed by atoms with Gasteiger partial charge in [-0.25, -0.2) is 4.79 Å². The molecule has 0 aromatic rings. The van der Waals surface area contributed by atoms with Gasteiger partial charge < -0.3 is 9.64 Å². The van der Waals surface area contributed by atoms with Crippen molar-refractivity contribution in [2.45, 2.75) is 13.8 Å². The molecule has 0 aromatic heterocycles. The van der Waals surface area contributed by atoms with Crippen LogP contribution in [0.15, 0.2) is 0 Å². The van der Waals surface area contributed by atoms with Gasteiger partial charge in [0.25, 0.3) is 0 Å². The Morgan fingerprint density at radius 2 is 1.92 bits per heavy atom. The number of carbonyl (C=O) groups is 2. The first-order valence-corrected chi connectivity index (χ1v) is 4.06. The van der Waals surface area contributed by atoms with E-state index in [4.69, 9.17) is 6.42 Å². The number of terminal acetylenes is 1. The zero-order valence-electron chi connectivity index (χ0n) is 7.87. The molecule has 0 aromatic carbocycles. The third kappa shape index (κ3) is 3.61. The van der Waals surface area contributed by atoms with Gasteiger partial charge in [0.1, 0.15) is 0 Å². The van der Waals surface area contributed by atoms with Gasteiger partial charge in [-0.2, -0.15) is 0 Å². The lowest BCUT2D eigenvalue weighted by Gasteiger charge is -2.16. The van der Waals surface area contributed by atoms with E-state index < -0.39 is 11.9 Å². The maximum atomic E-state index is 11.2. The van der Waals surface area contributed by atoms with E-state index in [-0.39, 0.29) is 6.61 Å². The molecular weight excluding hydrogens is 170 g/mol. The minimum Gasteiger partial charge on any atom is -0.445 e. The minimum absolute atomic E-state index is 0.161. The van der Waals surface area contributed by atoms with Crippen LogP contribution in [-0.4, -0.2) is 36.5 Å². The van der Waals surface area contributed by atoms with E-state index in [1.807, 2.05) is 0 Å². The summed E-state index contributed by atoms with van der Waals surface area (Å²) >= 11 is 0. The van der Waals surface area contributed by atoms with E-state index in [1.165, 1.54) is 4.90 Å². The molecule has 0 N–H and O–H groups in total. The molecule has 1 amide bonds. The lowest BCUT2D eigenvalue weighted by molar-refractivity contribution is -0.159. The van der Waals surface area contributed by atoms with Crippen molar-refractivity contribution in [3.63, 3.8) is 0 Å². The zero-order chi connectivity index (χ0) is 10.3. The SMILES string of the molecule is C#CCOC(=O)C(=O)N(CC)CC. The third-order valence-corrected chi connectivity index (χ3v) is 1.51. The number of esters is 1. The Hall–Kier alpha value is -1.50. The number of hydrogen-bond donors (Lipinski definition) is 0. The molecular formula is C9H13NO3. The first-order chi connectivity index (χ1) is 6.17. The van der Waals surface area contributed by atoms with Crippen LogP contribution >= 0.6 is 0 Å². The van der Waals surface area contributed by atoms with Gasteiger partial charge >= 0.3 is 11.9 Å². The number of nitrogens with zero attached hydrogens (tertiary/aromatic N) is 1. The number of rotatable bonds is 3. The largest absolute Gasteiger partial charge is 0.445 e. The maximum absolute atomic E-state index is 11.2. The summed E-state index contributed by atoms with van der Waals surface area (Å²) < 4.78 is 4.47. The second kappa shape index (κ2) is 6.06. The van der Waals surface area contributed by atoms with Crippen LogP contribution in [0.1, 0.15) is 13.8 Å². The highest BCUT2D eigenvalue weighted by molar-refractivity contribution is 6.32. The van der Waals surface area contributed by atoms with E-state index in [9.17, 15) is 9.59 Å². The topological polar surface area (TPSA) is 46.6 Å². The fourth-order valence-corrected chi connectivity index (χ4v) is 0.809. The Bertz CT molecular complexity index is 226. The smallest absolute Gasteiger partial charge is 0.397 e. The molecule has 4 heteroatoms. The van der Waals surface area contributed by atoms with Crippen LogP contribution in [0, 0.1) is 12.3 Å². The van der Waals surface area contributed by atoms with Crippen molar-refractivity contribution >= 4 is 11.9 Å². The highest BCUT2D eigenvalue weighted by Gasteiger charge is 2.20. The molecule has 0 saturated heterocycles. The Balaban J connectivity index is 4.09. The molecule has 0 saturated carbocycles. The Labute approximate surface area is 77.9 Å². The van der Waals surface area contributed by atoms with Gasteiger partial charge in [0, 0.05) is 13.1 Å². The monoisotopic (exact) mass is 183 g/mol. The molecule has 0 fully saturated rings. The number of likely N-dealkylation sites (N-methyl/N-ethyl adjacent to an activating group) is 1. The summed E-state index contributed by atoms with van der Waals surface area (Å²) in [5.41, 5.74) is 0. The van der Waals surface area contributed by atoms with E-state index in [1.54, 1.807) is 13.8 Å². The van der Waals surface area contributed by atoms with Gasteiger partial charge in [0.2, 0.25) is 0 Å². The van der Waals surface area contributed by atoms with E-state index >= 15 is 0 Å². The van der Waals surface area contributed by atoms with Crippen molar-refractivity contribution in [3.8, 4) is 12.3 Å². The van der Waals surface area contributed by atoms with Crippen LogP contribution in [0.4, 0.5) is 0 Å². The molecule has 0 heterocycles. The predicted octanol–water partition coefficient (Wildman–Crippen LogP) is 0.0312. The molecule has 13 heavy (non-hydrogen) atoms. The summed E-state index contributed by atoms with van der Waals surface area (Å²) in [6.07, 6.45) is 4.87. The second-order valence-electron chi connectivity index (χ2n) is 2.26. The molecule has 0 radical (unpaired) electrons. The van der Waals surface area contributed by atoms with Crippen LogP contribution in [0.3, 0.4) is 0 Å². The average molecular weight is 183 g/mol. The zero-order valence-corrected chi connectivity index (χ0v) is 7.87. The van der Waals surface area contributed by atoms with E-state index in [0.29, 0.717) is 13.1 Å². The van der Waals surface area contributed by atoms with Crippen molar-refractivity contribution in [2.75, 3.05) is 19.7 Å². The molecule has 0 atom stereocenters. The van der Waals surface area contributed by atoms with Crippen LogP contribution in [-0.2, 0) is 14.3 Å². The van der Waals surface area contributed by atoms with Crippen molar-refractivity contribution in [2.24, 2.45) is 0 Å². The molecule has 0 bridgehead atoms. The van der Waals surface area contributed by atoms with Crippen molar-refractivity contribution in [3.05, 3.63) is 0 Å². The summed E-state index contributed by atoms with van der Waals surface area (Å²) in [4.78, 5) is 23.5. The number of amides is 1. The summed E-state index contributed by atoms with van der Waals surface area (Å²) in [6.45, 7) is 4.39. The molecule has 0 aliphatic rings. The molecule has 0 unspecified atom stereocenters. The molecule has 0 rings (SSSR count). The van der Waals surface area contributed by atoms with Crippen LogP contribution in [0.5, 0.6) is 0 Å². The number of ether oxygens (including phenoxy) is 1. The van der Waals surface area contributed by atoms with Crippen molar-refractivity contribution in [1.29, 1.82) is 0 Å². The van der Waals surface area contributed by atoms with Crippen LogP contribution in [0.2, 0.25) is 0 Å². The predicted molar refractivity (Wildman–Crippen MR) is 47.7 cm³/mol. The first-order valence-electron chi connectivity index (χ1n) is 4.06. The van der Waals surface area contributed by atoms with Gasteiger partial charge in [-0.1, -0.05) is 5.92 Å². The van der Waals surface area contributed by atoms with Crippen molar-refractivity contribution < 1.29 is 14.3 Å². The van der Waals surface area contributed by atoms with Gasteiger partial charge in [-0.3, -0.25) is 4.79 Å². The molecule has 72 valence electrons. The lowest BCUT2D eigenvalue weighted by Crippen LogP contribution is -2.37. The van der Waals surface area contributed by atoms with E-state index in [2.05, 4.69) is 10.7 Å². The first kappa shape index (κ1) is 11.5. The quantitative estimate of drug-likeness (QED) is 0.352. The van der Waals surface area contributed by atoms with Crippen LogP contribution in [0.25, 0.3) is 0 Å². The second-order valence-corrected chi connectivity index (χ2v) is 2.26. The maximum Gasteiger partial charge on any atom is 0.397 e. The highest BCUT2D eigenvalue weighted by Crippen LogP contribution is 1.91. The molecule has 0 aliphatic heterocycles. The number of carbonyl (C=O) groups excluding carboxylic acids is 2. The van der Waals surface area contributed by atoms with Gasteiger partial charge in [0.15, 0.2) is 6.61 Å². The Morgan fingerprint density at radius 1 is 1.38 bits per heavy atom. The van der Waals surface area contributed by atoms with Gasteiger partial charge in [-0.05, 0) is 13.8 Å². The molecule has 0 aliphatic carbocycles. The Morgan fingerprint density at radius 3 is 2.31 bits per heavy atom. The summed E-state index contributed by atoms with van der Waals surface area (Å²) in [7, 11) is 0. The third-order valence-electron chi connectivity index (χ3n) is 1.51. The minimum atomic E-state index is -0.887. The highest BCUT2D eigenvalue weighted by atomic mass is 16.5. The standard InChI is InChI=1S/C9H13NO3/c1-4-7-13-9(12)8(11)10(5-2)6-3/h1H,5-7H2,2-3H3. The van der Waals surface area contributed by atoms with Gasteiger partial charge in [0.05, 0.1) is 0 Å². The van der Waals surface area contributed by atoms with E-state index in [0.717, 1.165) is 0 Å². The number of hydrogen-bond acceptors (Lipinski definition) is 3. The fraction of sp³-hybridized carbons (Fsp3) is 0.556. The molecule has 0 spiro atoms. The molecule has 4 nitrogen and oxygen atoms in total. The van der Waals surface area contributed by atoms with Gasteiger partial charge in [-0.15, -0.1) is 6.42 Å². The summed E-state index contributed by atoms with van der Waals surface area (Å²) in [6, 6.07) is 0. The van der Waals surface area contributed by atoms with Crippen LogP contribution < -0.4 is 0 Å². The summed E-state index contributed by atoms with van der Waals surface area (Å²) in [5, 5.41) is 0. The lowest BCUT2D eigenvalue weighted by atomic mass is 10.4. The average Bonchev–Trinajstić information content (AvgIpc) is 2.15. The summed E-state index contributed by atoms with van der Waals surface area (Å²) in [5.74, 6) is 0.589. The van der Waals surface area contributed by atoms with Crippen molar-refractivity contribution in [1.82, 2.24) is 4.90 Å². The Kier molecular flexibility index (Phi) is 5.37. The fourth-order valence-electron chi connectivity index (χ4n) is 0.809.